The highest BCUT2D eigenvalue weighted by Crippen LogP contribution is 2.56. The van der Waals surface area contributed by atoms with E-state index in [1.807, 2.05) is 0 Å². The first-order valence-corrected chi connectivity index (χ1v) is 7.63. The first kappa shape index (κ1) is 11.7. The second-order valence-electron chi connectivity index (χ2n) is 6.84. The summed E-state index contributed by atoms with van der Waals surface area (Å²) in [6.07, 6.45) is 8.62. The molecule has 102 valence electrons. The fraction of sp³-hybridized carbons (Fsp3) is 0.688. The Labute approximate surface area is 113 Å². The summed E-state index contributed by atoms with van der Waals surface area (Å²) in [4.78, 5) is 4.09. The number of hydrogen-bond acceptors (Lipinski definition) is 2. The highest BCUT2D eigenvalue weighted by molar-refractivity contribution is 5.33. The normalized spacial score (nSPS) is 39.5. The molecule has 0 atom stereocenters. The number of halogens is 1. The van der Waals surface area contributed by atoms with Crippen molar-refractivity contribution in [1.82, 2.24) is 4.98 Å². The Morgan fingerprint density at radius 2 is 1.74 bits per heavy atom. The van der Waals surface area contributed by atoms with Crippen LogP contribution in [0.4, 0.5) is 10.2 Å². The molecule has 0 amide bonds. The van der Waals surface area contributed by atoms with Crippen molar-refractivity contribution in [3.63, 3.8) is 0 Å². The maximum Gasteiger partial charge on any atom is 0.141 e. The summed E-state index contributed by atoms with van der Waals surface area (Å²) in [5, 5.41) is 3.42. The molecule has 1 heterocycles. The molecule has 0 unspecified atom stereocenters. The van der Waals surface area contributed by atoms with Crippen molar-refractivity contribution in [3.05, 3.63) is 24.1 Å². The lowest BCUT2D eigenvalue weighted by atomic mass is 9.52. The van der Waals surface area contributed by atoms with Gasteiger partial charge in [0.15, 0.2) is 0 Å². The van der Waals surface area contributed by atoms with Crippen molar-refractivity contribution in [2.75, 3.05) is 11.9 Å². The quantitative estimate of drug-likeness (QED) is 0.896. The molecular weight excluding hydrogens is 239 g/mol. The van der Waals surface area contributed by atoms with E-state index in [0.29, 0.717) is 0 Å². The molecule has 2 nitrogen and oxygen atoms in total. The molecule has 0 saturated heterocycles. The van der Waals surface area contributed by atoms with Crippen molar-refractivity contribution in [2.24, 2.45) is 29.6 Å². The predicted octanol–water partition coefficient (Wildman–Crippen LogP) is 3.70. The monoisotopic (exact) mass is 260 g/mol. The molecule has 0 spiro atoms. The topological polar surface area (TPSA) is 24.9 Å². The molecular formula is C16H21FN2. The molecule has 4 aliphatic carbocycles. The fourth-order valence-corrected chi connectivity index (χ4v) is 5.07. The van der Waals surface area contributed by atoms with Crippen molar-refractivity contribution >= 4 is 5.82 Å². The number of aromatic nitrogens is 1. The highest BCUT2D eigenvalue weighted by Gasteiger charge is 2.47. The standard InChI is InChI=1S/C16H21FN2/c17-14-1-2-16(18-8-14)19-9-15-12-4-10-3-11(6-12)7-13(15)5-10/h1-2,8,10-13,15H,3-7,9H2,(H,18,19). The lowest BCUT2D eigenvalue weighted by molar-refractivity contribution is -0.0305. The van der Waals surface area contributed by atoms with Crippen LogP contribution < -0.4 is 5.32 Å². The van der Waals surface area contributed by atoms with Crippen LogP contribution in [0.15, 0.2) is 18.3 Å². The molecule has 4 aliphatic rings. The number of nitrogens with zero attached hydrogens (tertiary/aromatic N) is 1. The van der Waals surface area contributed by atoms with E-state index in [-0.39, 0.29) is 5.82 Å². The molecule has 4 fully saturated rings. The summed E-state index contributed by atoms with van der Waals surface area (Å²) in [7, 11) is 0. The van der Waals surface area contributed by atoms with Gasteiger partial charge in [-0.1, -0.05) is 0 Å². The first-order valence-electron chi connectivity index (χ1n) is 7.63. The summed E-state index contributed by atoms with van der Waals surface area (Å²) in [6.45, 7) is 1.02. The predicted molar refractivity (Wildman–Crippen MR) is 73.2 cm³/mol. The summed E-state index contributed by atoms with van der Waals surface area (Å²) >= 11 is 0. The van der Waals surface area contributed by atoms with Gasteiger partial charge in [-0.3, -0.25) is 0 Å². The Balaban J connectivity index is 1.42. The lowest BCUT2D eigenvalue weighted by Gasteiger charge is -2.54. The molecule has 4 bridgehead atoms. The number of pyridine rings is 1. The third-order valence-corrected chi connectivity index (χ3v) is 5.67. The van der Waals surface area contributed by atoms with Crippen molar-refractivity contribution in [1.29, 1.82) is 0 Å². The Hall–Kier alpha value is -1.12. The molecule has 5 rings (SSSR count). The number of anilines is 1. The van der Waals surface area contributed by atoms with E-state index < -0.39 is 0 Å². The first-order chi connectivity index (χ1) is 9.28. The third-order valence-electron chi connectivity index (χ3n) is 5.67. The van der Waals surface area contributed by atoms with Crippen LogP contribution in [0.3, 0.4) is 0 Å². The van der Waals surface area contributed by atoms with Crippen LogP contribution in [0, 0.1) is 35.4 Å². The van der Waals surface area contributed by atoms with Gasteiger partial charge in [0.25, 0.3) is 0 Å². The van der Waals surface area contributed by atoms with E-state index in [0.717, 1.165) is 42.0 Å². The molecule has 1 aromatic heterocycles. The third kappa shape index (κ3) is 2.13. The number of nitrogens with one attached hydrogen (secondary N) is 1. The van der Waals surface area contributed by atoms with E-state index in [9.17, 15) is 4.39 Å². The van der Waals surface area contributed by atoms with Gasteiger partial charge >= 0.3 is 0 Å². The molecule has 0 radical (unpaired) electrons. The van der Waals surface area contributed by atoms with Crippen molar-refractivity contribution < 1.29 is 4.39 Å². The van der Waals surface area contributed by atoms with Gasteiger partial charge in [-0.2, -0.15) is 0 Å². The van der Waals surface area contributed by atoms with Gasteiger partial charge in [0.05, 0.1) is 6.20 Å². The van der Waals surface area contributed by atoms with Crippen LogP contribution in [0.1, 0.15) is 32.1 Å². The van der Waals surface area contributed by atoms with Crippen LogP contribution in [-0.4, -0.2) is 11.5 Å². The Morgan fingerprint density at radius 3 is 2.32 bits per heavy atom. The van der Waals surface area contributed by atoms with E-state index in [1.165, 1.54) is 44.4 Å². The van der Waals surface area contributed by atoms with E-state index >= 15 is 0 Å². The van der Waals surface area contributed by atoms with Gasteiger partial charge in [-0.05, 0) is 73.8 Å². The molecule has 4 saturated carbocycles. The average molecular weight is 260 g/mol. The Kier molecular flexibility index (Phi) is 2.75. The van der Waals surface area contributed by atoms with Crippen molar-refractivity contribution in [2.45, 2.75) is 32.1 Å². The summed E-state index contributed by atoms with van der Waals surface area (Å²) in [5.41, 5.74) is 0. The largest absolute Gasteiger partial charge is 0.370 e. The molecule has 1 aromatic rings. The van der Waals surface area contributed by atoms with Crippen molar-refractivity contribution in [3.8, 4) is 0 Å². The van der Waals surface area contributed by atoms with E-state index in [2.05, 4.69) is 10.3 Å². The van der Waals surface area contributed by atoms with Crippen LogP contribution >= 0.6 is 0 Å². The van der Waals surface area contributed by atoms with Gasteiger partial charge in [0.1, 0.15) is 11.6 Å². The molecule has 1 N–H and O–H groups in total. The van der Waals surface area contributed by atoms with Crippen LogP contribution in [0.25, 0.3) is 0 Å². The maximum atomic E-state index is 12.8. The molecule has 19 heavy (non-hydrogen) atoms. The highest BCUT2D eigenvalue weighted by atomic mass is 19.1. The van der Waals surface area contributed by atoms with Gasteiger partial charge in [0, 0.05) is 6.54 Å². The van der Waals surface area contributed by atoms with Crippen LogP contribution in [-0.2, 0) is 0 Å². The minimum atomic E-state index is -0.264. The average Bonchev–Trinajstić information content (AvgIpc) is 2.39. The summed E-state index contributed by atoms with van der Waals surface area (Å²) in [5.74, 6) is 5.30. The molecule has 3 heteroatoms. The molecule has 0 aromatic carbocycles. The van der Waals surface area contributed by atoms with Gasteiger partial charge in [-0.25, -0.2) is 9.37 Å². The number of hydrogen-bond donors (Lipinski definition) is 1. The lowest BCUT2D eigenvalue weighted by Crippen LogP contribution is -2.47. The zero-order chi connectivity index (χ0) is 12.8. The van der Waals surface area contributed by atoms with Crippen LogP contribution in [0.2, 0.25) is 0 Å². The zero-order valence-electron chi connectivity index (χ0n) is 11.2. The summed E-state index contributed by atoms with van der Waals surface area (Å²) < 4.78 is 12.8. The zero-order valence-corrected chi connectivity index (χ0v) is 11.2. The second kappa shape index (κ2) is 4.46. The Morgan fingerprint density at radius 1 is 1.05 bits per heavy atom. The SMILES string of the molecule is Fc1ccc(NCC2C3CC4CC(C3)CC2C4)nc1. The Bertz CT molecular complexity index is 428. The van der Waals surface area contributed by atoms with E-state index in [4.69, 9.17) is 0 Å². The van der Waals surface area contributed by atoms with Gasteiger partial charge < -0.3 is 5.32 Å². The second-order valence-corrected chi connectivity index (χ2v) is 6.84. The smallest absolute Gasteiger partial charge is 0.141 e. The number of rotatable bonds is 3. The minimum absolute atomic E-state index is 0.264. The van der Waals surface area contributed by atoms with Crippen LogP contribution in [0.5, 0.6) is 0 Å². The maximum absolute atomic E-state index is 12.8. The van der Waals surface area contributed by atoms with Gasteiger partial charge in [0.2, 0.25) is 0 Å². The fourth-order valence-electron chi connectivity index (χ4n) is 5.07. The molecule has 0 aliphatic heterocycles. The van der Waals surface area contributed by atoms with Gasteiger partial charge in [-0.15, -0.1) is 0 Å². The summed E-state index contributed by atoms with van der Waals surface area (Å²) in [6, 6.07) is 3.22. The van der Waals surface area contributed by atoms with E-state index in [1.54, 1.807) is 6.07 Å². The minimum Gasteiger partial charge on any atom is -0.370 e.